The van der Waals surface area contributed by atoms with E-state index in [1.54, 1.807) is 18.2 Å². The van der Waals surface area contributed by atoms with Crippen molar-refractivity contribution in [2.24, 2.45) is 0 Å². The van der Waals surface area contributed by atoms with Crippen LogP contribution in [0, 0.1) is 13.8 Å². The topological polar surface area (TPSA) is 72.2 Å². The molecule has 0 saturated heterocycles. The zero-order chi connectivity index (χ0) is 15.7. The van der Waals surface area contributed by atoms with E-state index in [2.05, 4.69) is 9.88 Å². The molecule has 0 amide bonds. The van der Waals surface area contributed by atoms with Gasteiger partial charge in [0.15, 0.2) is 5.76 Å². The molecule has 0 radical (unpaired) electrons. The van der Waals surface area contributed by atoms with Crippen molar-refractivity contribution in [2.75, 3.05) is 4.72 Å². The number of benzene rings is 1. The van der Waals surface area contributed by atoms with Gasteiger partial charge in [0, 0.05) is 6.07 Å². The fourth-order valence-electron chi connectivity index (χ4n) is 1.98. The van der Waals surface area contributed by atoms with Crippen LogP contribution in [-0.4, -0.2) is 13.6 Å². The number of nitrogens with one attached hydrogen (secondary N) is 1. The summed E-state index contributed by atoms with van der Waals surface area (Å²) < 4.78 is 32.9. The fourth-order valence-corrected chi connectivity index (χ4v) is 4.37. The number of nitrogens with zero attached hydrogens (tertiary/aromatic N) is 1. The van der Waals surface area contributed by atoms with Gasteiger partial charge in [-0.2, -0.15) is 0 Å². The molecule has 2 heterocycles. The van der Waals surface area contributed by atoms with Crippen molar-refractivity contribution in [1.82, 2.24) is 5.16 Å². The van der Waals surface area contributed by atoms with Gasteiger partial charge >= 0.3 is 0 Å². The average Bonchev–Trinajstić information content (AvgIpc) is 3.12. The SMILES string of the molecule is Cc1ccc(C)c(NS(=O)(=O)c2ccc(-c3ccno3)s2)c1. The summed E-state index contributed by atoms with van der Waals surface area (Å²) >= 11 is 1.14. The first-order chi connectivity index (χ1) is 10.5. The van der Waals surface area contributed by atoms with Gasteiger partial charge in [0.1, 0.15) is 4.21 Å². The highest BCUT2D eigenvalue weighted by Gasteiger charge is 2.19. The molecule has 0 unspecified atom stereocenters. The Morgan fingerprint density at radius 1 is 1.14 bits per heavy atom. The maximum atomic E-state index is 12.5. The molecule has 3 aromatic rings. The summed E-state index contributed by atoms with van der Waals surface area (Å²) in [6.45, 7) is 3.79. The number of aromatic nitrogens is 1. The van der Waals surface area contributed by atoms with Gasteiger partial charge in [-0.1, -0.05) is 17.3 Å². The van der Waals surface area contributed by atoms with E-state index >= 15 is 0 Å². The number of aryl methyl sites for hydroxylation is 2. The van der Waals surface area contributed by atoms with Crippen LogP contribution in [0.1, 0.15) is 11.1 Å². The Balaban J connectivity index is 1.92. The monoisotopic (exact) mass is 334 g/mol. The Hall–Kier alpha value is -2.12. The van der Waals surface area contributed by atoms with Crippen molar-refractivity contribution >= 4 is 27.0 Å². The maximum absolute atomic E-state index is 12.5. The first-order valence-electron chi connectivity index (χ1n) is 6.57. The third-order valence-electron chi connectivity index (χ3n) is 3.16. The van der Waals surface area contributed by atoms with E-state index in [-0.39, 0.29) is 4.21 Å². The Labute approximate surface area is 132 Å². The van der Waals surface area contributed by atoms with Gasteiger partial charge in [-0.3, -0.25) is 4.72 Å². The lowest BCUT2D eigenvalue weighted by molar-refractivity contribution is 0.433. The predicted molar refractivity (Wildman–Crippen MR) is 86.5 cm³/mol. The molecule has 0 saturated carbocycles. The third-order valence-corrected chi connectivity index (χ3v) is 6.12. The molecular weight excluding hydrogens is 320 g/mol. The molecule has 7 heteroatoms. The number of hydrogen-bond acceptors (Lipinski definition) is 5. The minimum atomic E-state index is -3.62. The Morgan fingerprint density at radius 3 is 2.68 bits per heavy atom. The molecule has 1 aromatic carbocycles. The quantitative estimate of drug-likeness (QED) is 0.787. The average molecular weight is 334 g/mol. The summed E-state index contributed by atoms with van der Waals surface area (Å²) in [5.74, 6) is 0.554. The van der Waals surface area contributed by atoms with Crippen LogP contribution in [0.5, 0.6) is 0 Å². The summed E-state index contributed by atoms with van der Waals surface area (Å²) in [6.07, 6.45) is 1.53. The molecule has 0 aliphatic carbocycles. The Bertz CT molecular complexity index is 897. The zero-order valence-electron chi connectivity index (χ0n) is 12.0. The second-order valence-electron chi connectivity index (χ2n) is 4.92. The lowest BCUT2D eigenvalue weighted by Gasteiger charge is -2.10. The molecule has 0 fully saturated rings. The van der Waals surface area contributed by atoms with Crippen molar-refractivity contribution < 1.29 is 12.9 Å². The fraction of sp³-hybridized carbons (Fsp3) is 0.133. The highest BCUT2D eigenvalue weighted by molar-refractivity contribution is 7.94. The molecule has 1 N–H and O–H groups in total. The van der Waals surface area contributed by atoms with E-state index in [0.29, 0.717) is 11.4 Å². The first kappa shape index (κ1) is 14.8. The number of anilines is 1. The smallest absolute Gasteiger partial charge is 0.271 e. The number of thiophene rings is 1. The molecule has 114 valence electrons. The molecule has 22 heavy (non-hydrogen) atoms. The molecule has 0 atom stereocenters. The van der Waals surface area contributed by atoms with Crippen LogP contribution in [0.15, 0.2) is 51.3 Å². The summed E-state index contributed by atoms with van der Waals surface area (Å²) in [4.78, 5) is 0.721. The van der Waals surface area contributed by atoms with Crippen LogP contribution in [0.2, 0.25) is 0 Å². The minimum absolute atomic E-state index is 0.236. The highest BCUT2D eigenvalue weighted by atomic mass is 32.2. The molecule has 3 rings (SSSR count). The predicted octanol–water partition coefficient (Wildman–Crippen LogP) is 3.82. The van der Waals surface area contributed by atoms with Crippen LogP contribution < -0.4 is 4.72 Å². The van der Waals surface area contributed by atoms with Gasteiger partial charge in [0.05, 0.1) is 16.8 Å². The number of rotatable bonds is 4. The van der Waals surface area contributed by atoms with Crippen molar-refractivity contribution in [3.8, 4) is 10.6 Å². The lowest BCUT2D eigenvalue weighted by Crippen LogP contribution is -2.12. The van der Waals surface area contributed by atoms with Gasteiger partial charge in [-0.25, -0.2) is 8.42 Å². The Morgan fingerprint density at radius 2 is 1.95 bits per heavy atom. The van der Waals surface area contributed by atoms with Crippen LogP contribution in [0.3, 0.4) is 0 Å². The van der Waals surface area contributed by atoms with Crippen LogP contribution in [-0.2, 0) is 10.0 Å². The van der Waals surface area contributed by atoms with Gasteiger partial charge in [-0.05, 0) is 43.2 Å². The second kappa shape index (κ2) is 5.58. The third kappa shape index (κ3) is 2.90. The van der Waals surface area contributed by atoms with Crippen LogP contribution >= 0.6 is 11.3 Å². The van der Waals surface area contributed by atoms with Crippen molar-refractivity contribution in [3.63, 3.8) is 0 Å². The summed E-state index contributed by atoms with van der Waals surface area (Å²) in [7, 11) is -3.62. The van der Waals surface area contributed by atoms with Gasteiger partial charge in [0.25, 0.3) is 10.0 Å². The van der Waals surface area contributed by atoms with E-state index in [4.69, 9.17) is 4.52 Å². The van der Waals surface area contributed by atoms with E-state index in [1.807, 2.05) is 32.0 Å². The summed E-state index contributed by atoms with van der Waals surface area (Å²) in [5.41, 5.74) is 2.47. The summed E-state index contributed by atoms with van der Waals surface area (Å²) in [6, 6.07) is 10.6. The molecule has 0 spiro atoms. The lowest BCUT2D eigenvalue weighted by atomic mass is 10.1. The first-order valence-corrected chi connectivity index (χ1v) is 8.87. The van der Waals surface area contributed by atoms with Crippen LogP contribution in [0.25, 0.3) is 10.6 Å². The largest absolute Gasteiger partial charge is 0.355 e. The van der Waals surface area contributed by atoms with Gasteiger partial charge in [-0.15, -0.1) is 11.3 Å². The Kier molecular flexibility index (Phi) is 3.76. The maximum Gasteiger partial charge on any atom is 0.271 e. The van der Waals surface area contributed by atoms with E-state index in [1.165, 1.54) is 6.20 Å². The van der Waals surface area contributed by atoms with E-state index < -0.39 is 10.0 Å². The molecule has 0 bridgehead atoms. The summed E-state index contributed by atoms with van der Waals surface area (Å²) in [5, 5.41) is 3.63. The molecule has 2 aromatic heterocycles. The van der Waals surface area contributed by atoms with Crippen LogP contribution in [0.4, 0.5) is 5.69 Å². The van der Waals surface area contributed by atoms with Crippen molar-refractivity contribution in [2.45, 2.75) is 18.1 Å². The second-order valence-corrected chi connectivity index (χ2v) is 7.91. The molecule has 5 nitrogen and oxygen atoms in total. The molecule has 0 aliphatic rings. The van der Waals surface area contributed by atoms with Gasteiger partial charge < -0.3 is 4.52 Å². The molecular formula is C15H14N2O3S2. The normalized spacial score (nSPS) is 11.5. The van der Waals surface area contributed by atoms with Gasteiger partial charge in [0.2, 0.25) is 0 Å². The number of sulfonamides is 1. The minimum Gasteiger partial charge on any atom is -0.355 e. The standard InChI is InChI=1S/C15H14N2O3S2/c1-10-3-4-11(2)12(9-10)17-22(18,19)15-6-5-14(21-15)13-7-8-16-20-13/h3-9,17H,1-2H3. The van der Waals surface area contributed by atoms with Crippen molar-refractivity contribution in [3.05, 3.63) is 53.7 Å². The number of hydrogen-bond donors (Lipinski definition) is 1. The van der Waals surface area contributed by atoms with E-state index in [0.717, 1.165) is 27.3 Å². The van der Waals surface area contributed by atoms with Crippen molar-refractivity contribution in [1.29, 1.82) is 0 Å². The molecule has 0 aliphatic heterocycles. The highest BCUT2D eigenvalue weighted by Crippen LogP contribution is 2.31. The zero-order valence-corrected chi connectivity index (χ0v) is 13.7. The van der Waals surface area contributed by atoms with E-state index in [9.17, 15) is 8.42 Å².